The molecule has 0 spiro atoms. The number of alkyl halides is 3. The van der Waals surface area contributed by atoms with Gasteiger partial charge in [-0.3, -0.25) is 4.98 Å². The minimum absolute atomic E-state index is 0.0507. The van der Waals surface area contributed by atoms with Gasteiger partial charge in [-0.2, -0.15) is 13.2 Å². The van der Waals surface area contributed by atoms with Crippen LogP contribution in [0.5, 0.6) is 0 Å². The van der Waals surface area contributed by atoms with Crippen LogP contribution >= 0.6 is 15.9 Å². The zero-order valence-electron chi connectivity index (χ0n) is 8.34. The molecule has 2 nitrogen and oxygen atoms in total. The van der Waals surface area contributed by atoms with Gasteiger partial charge in [0, 0.05) is 17.1 Å². The summed E-state index contributed by atoms with van der Waals surface area (Å²) < 4.78 is 36.2. The SMILES string of the molecule is OC(CCCC(F)(F)F)c1ncccc1Br. The molecule has 0 radical (unpaired) electrons. The molecule has 0 saturated heterocycles. The van der Waals surface area contributed by atoms with E-state index >= 15 is 0 Å². The van der Waals surface area contributed by atoms with Crippen LogP contribution < -0.4 is 0 Å². The molecule has 90 valence electrons. The van der Waals surface area contributed by atoms with Gasteiger partial charge in [-0.25, -0.2) is 0 Å². The first-order valence-corrected chi connectivity index (χ1v) is 5.54. The molecule has 0 amide bonds. The van der Waals surface area contributed by atoms with Crippen molar-refractivity contribution in [3.8, 4) is 0 Å². The van der Waals surface area contributed by atoms with Crippen molar-refractivity contribution in [2.24, 2.45) is 0 Å². The number of halogens is 4. The van der Waals surface area contributed by atoms with Crippen LogP contribution in [0.15, 0.2) is 22.8 Å². The third-order valence-electron chi connectivity index (χ3n) is 2.04. The van der Waals surface area contributed by atoms with Crippen LogP contribution in [0.25, 0.3) is 0 Å². The number of aliphatic hydroxyl groups excluding tert-OH is 1. The molecule has 1 aromatic rings. The van der Waals surface area contributed by atoms with Crippen molar-refractivity contribution in [3.63, 3.8) is 0 Å². The van der Waals surface area contributed by atoms with E-state index in [2.05, 4.69) is 20.9 Å². The maximum atomic E-state index is 11.9. The zero-order valence-corrected chi connectivity index (χ0v) is 9.92. The Kier molecular flexibility index (Phi) is 4.73. The van der Waals surface area contributed by atoms with Gasteiger partial charge in [-0.1, -0.05) is 0 Å². The topological polar surface area (TPSA) is 33.1 Å². The lowest BCUT2D eigenvalue weighted by Crippen LogP contribution is -2.08. The molecule has 1 N–H and O–H groups in total. The van der Waals surface area contributed by atoms with Crippen LogP contribution in [0, 0.1) is 0 Å². The summed E-state index contributed by atoms with van der Waals surface area (Å²) in [7, 11) is 0. The molecule has 0 aliphatic rings. The van der Waals surface area contributed by atoms with Gasteiger partial charge in [-0.05, 0) is 40.9 Å². The van der Waals surface area contributed by atoms with E-state index < -0.39 is 18.7 Å². The number of rotatable bonds is 4. The second kappa shape index (κ2) is 5.63. The quantitative estimate of drug-likeness (QED) is 0.921. The smallest absolute Gasteiger partial charge is 0.387 e. The summed E-state index contributed by atoms with van der Waals surface area (Å²) in [5, 5.41) is 9.64. The van der Waals surface area contributed by atoms with Gasteiger partial charge in [0.25, 0.3) is 0 Å². The summed E-state index contributed by atoms with van der Waals surface area (Å²) in [4.78, 5) is 3.92. The Labute approximate surface area is 99.6 Å². The number of hydrogen-bond acceptors (Lipinski definition) is 2. The van der Waals surface area contributed by atoms with E-state index in [0.29, 0.717) is 10.2 Å². The highest BCUT2D eigenvalue weighted by Gasteiger charge is 2.27. The summed E-state index contributed by atoms with van der Waals surface area (Å²) in [6.07, 6.45) is -4.57. The third kappa shape index (κ3) is 4.49. The standard InChI is InChI=1S/C10H11BrF3NO/c11-7-3-2-6-15-9(7)8(16)4-1-5-10(12,13)14/h2-3,6,8,16H,1,4-5H2. The van der Waals surface area contributed by atoms with Crippen molar-refractivity contribution in [2.75, 3.05) is 0 Å². The van der Waals surface area contributed by atoms with Crippen LogP contribution in [0.4, 0.5) is 13.2 Å². The average molecular weight is 298 g/mol. The summed E-state index contributed by atoms with van der Waals surface area (Å²) in [5.41, 5.74) is 0.379. The monoisotopic (exact) mass is 297 g/mol. The van der Waals surface area contributed by atoms with E-state index in [4.69, 9.17) is 0 Å². The van der Waals surface area contributed by atoms with E-state index in [0.717, 1.165) is 0 Å². The highest BCUT2D eigenvalue weighted by atomic mass is 79.9. The number of aliphatic hydroxyl groups is 1. The van der Waals surface area contributed by atoms with Gasteiger partial charge >= 0.3 is 6.18 Å². The highest BCUT2D eigenvalue weighted by molar-refractivity contribution is 9.10. The normalized spacial score (nSPS) is 13.8. The van der Waals surface area contributed by atoms with E-state index in [9.17, 15) is 18.3 Å². The number of pyridine rings is 1. The molecule has 0 aliphatic heterocycles. The molecular weight excluding hydrogens is 287 g/mol. The van der Waals surface area contributed by atoms with Crippen LogP contribution in [0.2, 0.25) is 0 Å². The fourth-order valence-corrected chi connectivity index (χ4v) is 1.79. The van der Waals surface area contributed by atoms with E-state index in [1.807, 2.05) is 0 Å². The molecule has 1 aromatic heterocycles. The molecule has 1 atom stereocenters. The second-order valence-electron chi connectivity index (χ2n) is 3.39. The van der Waals surface area contributed by atoms with E-state index in [1.54, 1.807) is 12.1 Å². The largest absolute Gasteiger partial charge is 0.389 e. The Bertz CT molecular complexity index is 343. The zero-order chi connectivity index (χ0) is 12.2. The lowest BCUT2D eigenvalue weighted by atomic mass is 10.1. The Morgan fingerprint density at radius 3 is 2.69 bits per heavy atom. The average Bonchev–Trinajstić information content (AvgIpc) is 2.16. The number of nitrogens with zero attached hydrogens (tertiary/aromatic N) is 1. The minimum Gasteiger partial charge on any atom is -0.387 e. The predicted octanol–water partition coefficient (Wildman–Crippen LogP) is 3.61. The third-order valence-corrected chi connectivity index (χ3v) is 2.71. The lowest BCUT2D eigenvalue weighted by molar-refractivity contribution is -0.136. The summed E-state index contributed by atoms with van der Waals surface area (Å²) in [6, 6.07) is 3.37. The summed E-state index contributed by atoms with van der Waals surface area (Å²) in [5.74, 6) is 0. The van der Waals surface area contributed by atoms with Crippen molar-refractivity contribution in [2.45, 2.75) is 31.5 Å². The van der Waals surface area contributed by atoms with Crippen LogP contribution in [-0.4, -0.2) is 16.3 Å². The molecule has 1 rings (SSSR count). The molecule has 0 saturated carbocycles. The van der Waals surface area contributed by atoms with Gasteiger partial charge in [0.1, 0.15) is 0 Å². The summed E-state index contributed by atoms with van der Waals surface area (Å²) in [6.45, 7) is 0. The first-order chi connectivity index (χ1) is 7.40. The van der Waals surface area contributed by atoms with Crippen molar-refractivity contribution in [1.82, 2.24) is 4.98 Å². The lowest BCUT2D eigenvalue weighted by Gasteiger charge is -2.12. The molecule has 1 heterocycles. The Balaban J connectivity index is 2.47. The number of hydrogen-bond donors (Lipinski definition) is 1. The van der Waals surface area contributed by atoms with Crippen LogP contribution in [0.1, 0.15) is 31.1 Å². The summed E-state index contributed by atoms with van der Waals surface area (Å²) >= 11 is 3.18. The maximum Gasteiger partial charge on any atom is 0.389 e. The first-order valence-electron chi connectivity index (χ1n) is 4.75. The highest BCUT2D eigenvalue weighted by Crippen LogP contribution is 2.28. The molecule has 16 heavy (non-hydrogen) atoms. The fraction of sp³-hybridized carbons (Fsp3) is 0.500. The Hall–Kier alpha value is -0.620. The van der Waals surface area contributed by atoms with E-state index in [-0.39, 0.29) is 12.8 Å². The predicted molar refractivity (Wildman–Crippen MR) is 56.8 cm³/mol. The number of aromatic nitrogens is 1. The molecule has 0 aromatic carbocycles. The molecule has 0 bridgehead atoms. The van der Waals surface area contributed by atoms with Crippen molar-refractivity contribution in [1.29, 1.82) is 0 Å². The Morgan fingerprint density at radius 2 is 2.12 bits per heavy atom. The maximum absolute atomic E-state index is 11.9. The molecular formula is C10H11BrF3NO. The molecule has 0 aliphatic carbocycles. The molecule has 1 unspecified atom stereocenters. The van der Waals surface area contributed by atoms with Crippen molar-refractivity contribution >= 4 is 15.9 Å². The minimum atomic E-state index is -4.17. The fourth-order valence-electron chi connectivity index (χ4n) is 1.28. The van der Waals surface area contributed by atoms with Crippen LogP contribution in [0.3, 0.4) is 0 Å². The van der Waals surface area contributed by atoms with Crippen molar-refractivity contribution in [3.05, 3.63) is 28.5 Å². The van der Waals surface area contributed by atoms with E-state index in [1.165, 1.54) is 6.20 Å². The molecule has 6 heteroatoms. The van der Waals surface area contributed by atoms with Crippen LogP contribution in [-0.2, 0) is 0 Å². The first kappa shape index (κ1) is 13.4. The molecule has 0 fully saturated rings. The Morgan fingerprint density at radius 1 is 1.44 bits per heavy atom. The van der Waals surface area contributed by atoms with Crippen molar-refractivity contribution < 1.29 is 18.3 Å². The van der Waals surface area contributed by atoms with Gasteiger partial charge in [0.05, 0.1) is 11.8 Å². The van der Waals surface area contributed by atoms with Gasteiger partial charge in [-0.15, -0.1) is 0 Å². The van der Waals surface area contributed by atoms with Gasteiger partial charge < -0.3 is 5.11 Å². The van der Waals surface area contributed by atoms with Gasteiger partial charge in [0.15, 0.2) is 0 Å². The second-order valence-corrected chi connectivity index (χ2v) is 4.25. The van der Waals surface area contributed by atoms with Gasteiger partial charge in [0.2, 0.25) is 0 Å².